The monoisotopic (exact) mass is 311 g/mol. The maximum Gasteiger partial charge on any atom is 0.279 e. The maximum absolute atomic E-state index is 12.3. The lowest BCUT2D eigenvalue weighted by Gasteiger charge is -2.09. The zero-order chi connectivity index (χ0) is 16.4. The van der Waals surface area contributed by atoms with Gasteiger partial charge in [-0.15, -0.1) is 0 Å². The molecule has 2 aromatic heterocycles. The molecule has 1 amide bonds. The number of hydrogen-bond donors (Lipinski definition) is 1. The standard InChI is InChI=1S/C13H15F2N5O2/c1-7-8(2)17-19(3)13(22)11(7)12(21)16-10-4-5-20(18-10)6-9(14)15/h4-5,9H,6H2,1-3H3,(H,16,18,21). The number of nitrogens with zero attached hydrogens (tertiary/aromatic N) is 4. The predicted molar refractivity (Wildman–Crippen MR) is 75.1 cm³/mol. The molecule has 22 heavy (non-hydrogen) atoms. The van der Waals surface area contributed by atoms with Crippen molar-refractivity contribution in [2.24, 2.45) is 7.05 Å². The number of anilines is 1. The van der Waals surface area contributed by atoms with Crippen LogP contribution in [0, 0.1) is 13.8 Å². The minimum atomic E-state index is -2.54. The third-order valence-electron chi connectivity index (χ3n) is 3.16. The summed E-state index contributed by atoms with van der Waals surface area (Å²) >= 11 is 0. The van der Waals surface area contributed by atoms with Crippen molar-refractivity contribution < 1.29 is 13.6 Å². The third kappa shape index (κ3) is 3.18. The van der Waals surface area contributed by atoms with Crippen molar-refractivity contribution in [2.75, 3.05) is 5.32 Å². The van der Waals surface area contributed by atoms with Gasteiger partial charge in [0.05, 0.1) is 5.69 Å². The molecule has 0 fully saturated rings. The van der Waals surface area contributed by atoms with E-state index in [2.05, 4.69) is 15.5 Å². The first kappa shape index (κ1) is 15.8. The van der Waals surface area contributed by atoms with Crippen molar-refractivity contribution in [3.63, 3.8) is 0 Å². The van der Waals surface area contributed by atoms with Crippen LogP contribution in [0.3, 0.4) is 0 Å². The molecule has 0 saturated heterocycles. The molecule has 0 bridgehead atoms. The van der Waals surface area contributed by atoms with Gasteiger partial charge in [-0.1, -0.05) is 0 Å². The average molecular weight is 311 g/mol. The minimum absolute atomic E-state index is 0.0431. The first-order chi connectivity index (χ1) is 10.3. The molecule has 0 spiro atoms. The molecule has 9 heteroatoms. The summed E-state index contributed by atoms with van der Waals surface area (Å²) in [5, 5.41) is 10.2. The third-order valence-corrected chi connectivity index (χ3v) is 3.16. The van der Waals surface area contributed by atoms with Crippen LogP contribution in [0.25, 0.3) is 0 Å². The molecule has 2 rings (SSSR count). The summed E-state index contributed by atoms with van der Waals surface area (Å²) in [5.74, 6) is -0.549. The Bertz CT molecular complexity index is 766. The highest BCUT2D eigenvalue weighted by atomic mass is 19.3. The number of hydrogen-bond acceptors (Lipinski definition) is 4. The molecule has 7 nitrogen and oxygen atoms in total. The smallest absolute Gasteiger partial charge is 0.279 e. The van der Waals surface area contributed by atoms with E-state index in [9.17, 15) is 18.4 Å². The van der Waals surface area contributed by atoms with Crippen molar-refractivity contribution in [1.29, 1.82) is 0 Å². The number of carbonyl (C=O) groups is 1. The Morgan fingerprint density at radius 3 is 2.68 bits per heavy atom. The largest absolute Gasteiger partial charge is 0.305 e. The second-order valence-corrected chi connectivity index (χ2v) is 4.78. The van der Waals surface area contributed by atoms with E-state index in [4.69, 9.17) is 0 Å². The van der Waals surface area contributed by atoms with Gasteiger partial charge < -0.3 is 5.32 Å². The van der Waals surface area contributed by atoms with E-state index in [1.54, 1.807) is 13.8 Å². The fraction of sp³-hybridized carbons (Fsp3) is 0.385. The zero-order valence-electron chi connectivity index (χ0n) is 12.3. The van der Waals surface area contributed by atoms with Crippen LogP contribution in [0.4, 0.5) is 14.6 Å². The van der Waals surface area contributed by atoms with E-state index in [1.165, 1.54) is 19.3 Å². The second kappa shape index (κ2) is 6.04. The molecule has 0 atom stereocenters. The highest BCUT2D eigenvalue weighted by molar-refractivity contribution is 6.04. The number of nitrogens with one attached hydrogen (secondary N) is 1. The van der Waals surface area contributed by atoms with Crippen LogP contribution < -0.4 is 10.9 Å². The molecule has 1 N–H and O–H groups in total. The first-order valence-corrected chi connectivity index (χ1v) is 6.47. The van der Waals surface area contributed by atoms with Gasteiger partial charge in [-0.2, -0.15) is 10.2 Å². The van der Waals surface area contributed by atoms with Gasteiger partial charge in [0.15, 0.2) is 5.82 Å². The molecule has 0 saturated carbocycles. The summed E-state index contributed by atoms with van der Waals surface area (Å²) in [5.41, 5.74) is 0.439. The molecule has 0 aliphatic rings. The highest BCUT2D eigenvalue weighted by Gasteiger charge is 2.19. The zero-order valence-corrected chi connectivity index (χ0v) is 12.3. The van der Waals surface area contributed by atoms with Gasteiger partial charge in [0, 0.05) is 19.3 Å². The predicted octanol–water partition coefficient (Wildman–Crippen LogP) is 1.11. The highest BCUT2D eigenvalue weighted by Crippen LogP contribution is 2.10. The lowest BCUT2D eigenvalue weighted by molar-refractivity contribution is 0.102. The lowest BCUT2D eigenvalue weighted by atomic mass is 10.1. The van der Waals surface area contributed by atoms with E-state index in [-0.39, 0.29) is 11.4 Å². The fourth-order valence-electron chi connectivity index (χ4n) is 1.97. The van der Waals surface area contributed by atoms with E-state index >= 15 is 0 Å². The minimum Gasteiger partial charge on any atom is -0.305 e. The first-order valence-electron chi connectivity index (χ1n) is 6.47. The summed E-state index contributed by atoms with van der Waals surface area (Å²) in [4.78, 5) is 24.3. The van der Waals surface area contributed by atoms with Crippen LogP contribution in [-0.4, -0.2) is 31.9 Å². The normalized spacial score (nSPS) is 11.0. The Hall–Kier alpha value is -2.58. The van der Waals surface area contributed by atoms with Crippen molar-refractivity contribution >= 4 is 11.7 Å². The van der Waals surface area contributed by atoms with Gasteiger partial charge >= 0.3 is 0 Å². The summed E-state index contributed by atoms with van der Waals surface area (Å²) in [6.45, 7) is 2.74. The van der Waals surface area contributed by atoms with Crippen LogP contribution in [0.2, 0.25) is 0 Å². The van der Waals surface area contributed by atoms with E-state index in [0.29, 0.717) is 11.3 Å². The van der Waals surface area contributed by atoms with Crippen LogP contribution in [0.5, 0.6) is 0 Å². The van der Waals surface area contributed by atoms with Crippen molar-refractivity contribution in [1.82, 2.24) is 19.6 Å². The molecule has 0 aromatic carbocycles. The Morgan fingerprint density at radius 1 is 1.36 bits per heavy atom. The molecule has 0 radical (unpaired) electrons. The molecule has 0 aliphatic carbocycles. The molecule has 0 unspecified atom stereocenters. The quantitative estimate of drug-likeness (QED) is 0.917. The van der Waals surface area contributed by atoms with Crippen molar-refractivity contribution in [3.05, 3.63) is 39.4 Å². The lowest BCUT2D eigenvalue weighted by Crippen LogP contribution is -2.31. The van der Waals surface area contributed by atoms with Gasteiger partial charge in [-0.3, -0.25) is 14.3 Å². The molecule has 0 aliphatic heterocycles. The molecule has 2 heterocycles. The Balaban J connectivity index is 2.27. The summed E-state index contributed by atoms with van der Waals surface area (Å²) < 4.78 is 26.6. The second-order valence-electron chi connectivity index (χ2n) is 4.78. The van der Waals surface area contributed by atoms with Gasteiger partial charge in [-0.05, 0) is 19.4 Å². The molecule has 118 valence electrons. The molecule has 2 aromatic rings. The fourth-order valence-corrected chi connectivity index (χ4v) is 1.97. The maximum atomic E-state index is 12.3. The van der Waals surface area contributed by atoms with E-state index < -0.39 is 24.4 Å². The SMILES string of the molecule is Cc1nn(C)c(=O)c(C(=O)Nc2ccn(CC(F)F)n2)c1C. The van der Waals surface area contributed by atoms with Crippen LogP contribution >= 0.6 is 0 Å². The summed E-state index contributed by atoms with van der Waals surface area (Å²) in [6.07, 6.45) is -1.22. The topological polar surface area (TPSA) is 81.8 Å². The van der Waals surface area contributed by atoms with Crippen LogP contribution in [0.15, 0.2) is 17.1 Å². The van der Waals surface area contributed by atoms with Crippen molar-refractivity contribution in [2.45, 2.75) is 26.8 Å². The summed E-state index contributed by atoms with van der Waals surface area (Å²) in [6, 6.07) is 1.38. The number of carbonyl (C=O) groups excluding carboxylic acids is 1. The number of alkyl halides is 2. The molecular weight excluding hydrogens is 296 g/mol. The summed E-state index contributed by atoms with van der Waals surface area (Å²) in [7, 11) is 1.45. The van der Waals surface area contributed by atoms with Crippen LogP contribution in [0.1, 0.15) is 21.6 Å². The van der Waals surface area contributed by atoms with Crippen molar-refractivity contribution in [3.8, 4) is 0 Å². The number of halogens is 2. The molecular formula is C13H15F2N5O2. The van der Waals surface area contributed by atoms with Gasteiger partial charge in [0.25, 0.3) is 17.9 Å². The van der Waals surface area contributed by atoms with E-state index in [0.717, 1.165) is 9.36 Å². The Labute approximate surface area is 124 Å². The number of rotatable bonds is 4. The Morgan fingerprint density at radius 2 is 2.05 bits per heavy atom. The van der Waals surface area contributed by atoms with Gasteiger partial charge in [0.1, 0.15) is 12.1 Å². The van der Waals surface area contributed by atoms with Crippen LogP contribution in [-0.2, 0) is 13.6 Å². The number of aryl methyl sites for hydroxylation is 2. The Kier molecular flexibility index (Phi) is 4.34. The number of amides is 1. The van der Waals surface area contributed by atoms with Gasteiger partial charge in [-0.25, -0.2) is 13.5 Å². The van der Waals surface area contributed by atoms with Gasteiger partial charge in [0.2, 0.25) is 0 Å². The average Bonchev–Trinajstić information content (AvgIpc) is 2.83. The number of aromatic nitrogens is 4. The van der Waals surface area contributed by atoms with E-state index in [1.807, 2.05) is 0 Å².